The maximum Gasteiger partial charge on any atom is 0.0113 e. The van der Waals surface area contributed by atoms with E-state index in [1.807, 2.05) is 17.8 Å². The zero-order chi connectivity index (χ0) is 6.53. The molecule has 0 nitrogen and oxygen atoms in total. The zero-order valence-electron chi connectivity index (χ0n) is 5.68. The average Bonchev–Trinajstić information content (AvgIpc) is 2.34. The summed E-state index contributed by atoms with van der Waals surface area (Å²) >= 11 is 2.01. The van der Waals surface area contributed by atoms with E-state index in [1.54, 1.807) is 0 Å². The minimum absolute atomic E-state index is 0.836. The molecule has 1 heteroatoms. The first-order chi connectivity index (χ1) is 4.43. The van der Waals surface area contributed by atoms with Gasteiger partial charge in [-0.3, -0.25) is 0 Å². The Labute approximate surface area is 61.7 Å². The van der Waals surface area contributed by atoms with Crippen molar-refractivity contribution in [3.05, 3.63) is 19.1 Å². The standard InChI is InChI=1S/C8H13S/c1-2-7-9-8-5-3-4-6-8/h2,5,8H,1,3-4,6-7H2. The van der Waals surface area contributed by atoms with E-state index in [0.717, 1.165) is 11.0 Å². The van der Waals surface area contributed by atoms with E-state index in [4.69, 9.17) is 0 Å². The van der Waals surface area contributed by atoms with E-state index in [1.165, 1.54) is 19.3 Å². The monoisotopic (exact) mass is 141 g/mol. The zero-order valence-corrected chi connectivity index (χ0v) is 6.49. The van der Waals surface area contributed by atoms with Crippen LogP contribution in [-0.2, 0) is 0 Å². The van der Waals surface area contributed by atoms with Gasteiger partial charge in [-0.2, -0.15) is 11.8 Å². The molecule has 0 bridgehead atoms. The molecule has 0 aromatic rings. The third kappa shape index (κ3) is 2.44. The molecule has 0 aliphatic heterocycles. The summed E-state index contributed by atoms with van der Waals surface area (Å²) in [5, 5.41) is 0.836. The maximum atomic E-state index is 3.69. The molecule has 1 saturated carbocycles. The number of hydrogen-bond donors (Lipinski definition) is 0. The molecule has 51 valence electrons. The molecule has 0 heterocycles. The molecular weight excluding hydrogens is 128 g/mol. The summed E-state index contributed by atoms with van der Waals surface area (Å²) in [6.45, 7) is 3.69. The Morgan fingerprint density at radius 3 is 3.22 bits per heavy atom. The van der Waals surface area contributed by atoms with Crippen molar-refractivity contribution in [3.8, 4) is 0 Å². The normalized spacial score (nSPS) is 20.4. The van der Waals surface area contributed by atoms with Crippen molar-refractivity contribution in [2.75, 3.05) is 5.75 Å². The van der Waals surface area contributed by atoms with Gasteiger partial charge < -0.3 is 0 Å². The molecule has 1 atom stereocenters. The molecule has 1 aliphatic rings. The first-order valence-electron chi connectivity index (χ1n) is 3.49. The van der Waals surface area contributed by atoms with Crippen LogP contribution in [0.2, 0.25) is 0 Å². The van der Waals surface area contributed by atoms with Crippen molar-refractivity contribution in [1.82, 2.24) is 0 Å². The van der Waals surface area contributed by atoms with Crippen LogP contribution in [0.15, 0.2) is 12.7 Å². The topological polar surface area (TPSA) is 0 Å². The highest BCUT2D eigenvalue weighted by atomic mass is 32.2. The van der Waals surface area contributed by atoms with Gasteiger partial charge >= 0.3 is 0 Å². The molecule has 0 aromatic carbocycles. The molecule has 1 rings (SSSR count). The Kier molecular flexibility index (Phi) is 3.20. The number of rotatable bonds is 3. The minimum atomic E-state index is 0.836. The lowest BCUT2D eigenvalue weighted by Crippen LogP contribution is -1.94. The molecule has 0 aromatic heterocycles. The van der Waals surface area contributed by atoms with E-state index in [0.29, 0.717) is 0 Å². The van der Waals surface area contributed by atoms with Crippen molar-refractivity contribution >= 4 is 11.8 Å². The lowest BCUT2D eigenvalue weighted by Gasteiger charge is -2.03. The van der Waals surface area contributed by atoms with E-state index >= 15 is 0 Å². The molecule has 1 fully saturated rings. The molecule has 0 N–H and O–H groups in total. The first kappa shape index (κ1) is 7.20. The van der Waals surface area contributed by atoms with Crippen molar-refractivity contribution in [3.63, 3.8) is 0 Å². The summed E-state index contributed by atoms with van der Waals surface area (Å²) in [6.07, 6.45) is 8.52. The first-order valence-corrected chi connectivity index (χ1v) is 4.54. The van der Waals surface area contributed by atoms with Crippen molar-refractivity contribution in [1.29, 1.82) is 0 Å². The van der Waals surface area contributed by atoms with E-state index in [2.05, 4.69) is 13.0 Å². The summed E-state index contributed by atoms with van der Waals surface area (Å²) in [5.74, 6) is 1.11. The van der Waals surface area contributed by atoms with Gasteiger partial charge in [0.1, 0.15) is 0 Å². The van der Waals surface area contributed by atoms with Crippen LogP contribution < -0.4 is 0 Å². The molecule has 1 aliphatic carbocycles. The van der Waals surface area contributed by atoms with Crippen LogP contribution in [-0.4, -0.2) is 11.0 Å². The smallest absolute Gasteiger partial charge is 0.0113 e. The number of hydrogen-bond acceptors (Lipinski definition) is 1. The van der Waals surface area contributed by atoms with Gasteiger partial charge in [-0.15, -0.1) is 6.58 Å². The Bertz CT molecular complexity index is 82.6. The van der Waals surface area contributed by atoms with Crippen molar-refractivity contribution < 1.29 is 0 Å². The summed E-state index contributed by atoms with van der Waals surface area (Å²) in [6, 6.07) is 0. The molecule has 9 heavy (non-hydrogen) atoms. The third-order valence-corrected chi connectivity index (χ3v) is 2.83. The van der Waals surface area contributed by atoms with E-state index in [-0.39, 0.29) is 0 Å². The third-order valence-electron chi connectivity index (χ3n) is 1.55. The van der Waals surface area contributed by atoms with Crippen LogP contribution in [0.25, 0.3) is 0 Å². The second-order valence-corrected chi connectivity index (χ2v) is 3.60. The second-order valence-electron chi connectivity index (χ2n) is 2.33. The lowest BCUT2D eigenvalue weighted by atomic mass is 10.4. The lowest BCUT2D eigenvalue weighted by molar-refractivity contribution is 0.893. The molecule has 0 spiro atoms. The maximum absolute atomic E-state index is 3.69. The van der Waals surface area contributed by atoms with Crippen LogP contribution in [0.1, 0.15) is 19.3 Å². The summed E-state index contributed by atoms with van der Waals surface area (Å²) in [7, 11) is 0. The van der Waals surface area contributed by atoms with Gasteiger partial charge in [-0.1, -0.05) is 12.5 Å². The van der Waals surface area contributed by atoms with Gasteiger partial charge in [-0.25, -0.2) is 0 Å². The van der Waals surface area contributed by atoms with Crippen LogP contribution >= 0.6 is 11.8 Å². The highest BCUT2D eigenvalue weighted by Crippen LogP contribution is 2.28. The SMILES string of the molecule is C=CCSC1[CH]CCC1. The highest BCUT2D eigenvalue weighted by Gasteiger charge is 2.13. The van der Waals surface area contributed by atoms with Crippen molar-refractivity contribution in [2.45, 2.75) is 24.5 Å². The van der Waals surface area contributed by atoms with Gasteiger partial charge in [0.25, 0.3) is 0 Å². The van der Waals surface area contributed by atoms with Gasteiger partial charge in [0.2, 0.25) is 0 Å². The fraction of sp³-hybridized carbons (Fsp3) is 0.625. The van der Waals surface area contributed by atoms with Crippen LogP contribution in [0, 0.1) is 6.42 Å². The molecule has 1 radical (unpaired) electrons. The van der Waals surface area contributed by atoms with Gasteiger partial charge in [0.05, 0.1) is 0 Å². The Balaban J connectivity index is 2.04. The molecule has 1 unspecified atom stereocenters. The minimum Gasteiger partial charge on any atom is -0.154 e. The largest absolute Gasteiger partial charge is 0.154 e. The van der Waals surface area contributed by atoms with Gasteiger partial charge in [0, 0.05) is 11.0 Å². The fourth-order valence-corrected chi connectivity index (χ4v) is 2.07. The van der Waals surface area contributed by atoms with Crippen LogP contribution in [0.3, 0.4) is 0 Å². The second kappa shape index (κ2) is 3.99. The molecule has 0 amide bonds. The number of thioether (sulfide) groups is 1. The van der Waals surface area contributed by atoms with Crippen LogP contribution in [0.4, 0.5) is 0 Å². The quantitative estimate of drug-likeness (QED) is 0.544. The Morgan fingerprint density at radius 2 is 2.67 bits per heavy atom. The highest BCUT2D eigenvalue weighted by molar-refractivity contribution is 8.00. The Morgan fingerprint density at radius 1 is 1.78 bits per heavy atom. The van der Waals surface area contributed by atoms with E-state index < -0.39 is 0 Å². The van der Waals surface area contributed by atoms with Gasteiger partial charge in [-0.05, 0) is 19.3 Å². The molecular formula is C8H13S. The fourth-order valence-electron chi connectivity index (χ4n) is 1.08. The summed E-state index contributed by atoms with van der Waals surface area (Å²) in [5.41, 5.74) is 0. The summed E-state index contributed by atoms with van der Waals surface area (Å²) in [4.78, 5) is 0. The summed E-state index contributed by atoms with van der Waals surface area (Å²) < 4.78 is 0. The molecule has 0 saturated heterocycles. The van der Waals surface area contributed by atoms with E-state index in [9.17, 15) is 0 Å². The van der Waals surface area contributed by atoms with Crippen molar-refractivity contribution in [2.24, 2.45) is 0 Å². The van der Waals surface area contributed by atoms with Crippen LogP contribution in [0.5, 0.6) is 0 Å². The van der Waals surface area contributed by atoms with Gasteiger partial charge in [0.15, 0.2) is 0 Å². The predicted octanol–water partition coefficient (Wildman–Crippen LogP) is 2.66. The predicted molar refractivity (Wildman–Crippen MR) is 44.6 cm³/mol. The average molecular weight is 141 g/mol. The Hall–Kier alpha value is 0.0900.